The number of amides is 1. The maximum Gasteiger partial charge on any atom is 0.257 e. The molecule has 1 fully saturated rings. The number of carbonyl (C=O) groups excluding carboxylic acids is 1. The molecule has 0 saturated carbocycles. The number of aromatic nitrogens is 2. The molecule has 3 heterocycles. The Balaban J connectivity index is 1.57. The Labute approximate surface area is 139 Å². The summed E-state index contributed by atoms with van der Waals surface area (Å²) >= 11 is 1.61. The summed E-state index contributed by atoms with van der Waals surface area (Å²) in [5.41, 5.74) is 0. The molecule has 1 N–H and O–H groups in total. The summed E-state index contributed by atoms with van der Waals surface area (Å²) in [5.74, 6) is 1.38. The van der Waals surface area contributed by atoms with Crippen LogP contribution in [0.2, 0.25) is 0 Å². The molecule has 0 spiro atoms. The van der Waals surface area contributed by atoms with Gasteiger partial charge in [-0.25, -0.2) is 9.97 Å². The van der Waals surface area contributed by atoms with E-state index >= 15 is 0 Å². The van der Waals surface area contributed by atoms with Gasteiger partial charge in [0.15, 0.2) is 5.82 Å². The van der Waals surface area contributed by atoms with Crippen molar-refractivity contribution in [1.29, 1.82) is 0 Å². The van der Waals surface area contributed by atoms with Crippen LogP contribution in [-0.4, -0.2) is 41.6 Å². The third kappa shape index (κ3) is 3.98. The van der Waals surface area contributed by atoms with Crippen LogP contribution in [-0.2, 0) is 11.2 Å². The highest BCUT2D eigenvalue weighted by molar-refractivity contribution is 7.10. The van der Waals surface area contributed by atoms with Crippen LogP contribution < -0.4 is 15.0 Å². The van der Waals surface area contributed by atoms with E-state index < -0.39 is 0 Å². The Morgan fingerprint density at radius 1 is 1.48 bits per heavy atom. The monoisotopic (exact) mass is 332 g/mol. The minimum atomic E-state index is 0.0727. The van der Waals surface area contributed by atoms with Gasteiger partial charge < -0.3 is 15.0 Å². The van der Waals surface area contributed by atoms with Gasteiger partial charge in [-0.05, 0) is 24.8 Å². The van der Waals surface area contributed by atoms with Crippen LogP contribution in [0.5, 0.6) is 5.88 Å². The zero-order chi connectivity index (χ0) is 16.1. The number of nitrogens with one attached hydrogen (secondary N) is 1. The molecule has 3 rings (SSSR count). The third-order valence-corrected chi connectivity index (χ3v) is 4.57. The molecule has 23 heavy (non-hydrogen) atoms. The highest BCUT2D eigenvalue weighted by atomic mass is 32.1. The largest absolute Gasteiger partial charge is 0.475 e. The average Bonchev–Trinajstić information content (AvgIpc) is 3.20. The Kier molecular flexibility index (Phi) is 5.07. The number of hydrogen-bond acceptors (Lipinski definition) is 6. The first-order valence-corrected chi connectivity index (χ1v) is 8.64. The fourth-order valence-electron chi connectivity index (χ4n) is 2.69. The van der Waals surface area contributed by atoms with Gasteiger partial charge >= 0.3 is 0 Å². The summed E-state index contributed by atoms with van der Waals surface area (Å²) in [5, 5.41) is 5.09. The quantitative estimate of drug-likeness (QED) is 0.875. The number of hydrogen-bond donors (Lipinski definition) is 1. The van der Waals surface area contributed by atoms with Crippen molar-refractivity contribution in [2.75, 3.05) is 24.6 Å². The lowest BCUT2D eigenvalue weighted by atomic mass is 10.2. The van der Waals surface area contributed by atoms with Gasteiger partial charge in [0.05, 0.1) is 13.0 Å². The van der Waals surface area contributed by atoms with Gasteiger partial charge in [0.1, 0.15) is 0 Å². The number of carbonyl (C=O) groups is 1. The van der Waals surface area contributed by atoms with Gasteiger partial charge in [0, 0.05) is 36.4 Å². The molecular formula is C16H20N4O2S. The molecule has 122 valence electrons. The van der Waals surface area contributed by atoms with Crippen molar-refractivity contribution >= 4 is 23.1 Å². The van der Waals surface area contributed by atoms with E-state index in [-0.39, 0.29) is 11.9 Å². The van der Waals surface area contributed by atoms with Crippen LogP contribution in [0.1, 0.15) is 18.2 Å². The van der Waals surface area contributed by atoms with Crippen molar-refractivity contribution < 1.29 is 9.53 Å². The van der Waals surface area contributed by atoms with Crippen LogP contribution >= 0.6 is 11.3 Å². The van der Waals surface area contributed by atoms with E-state index in [2.05, 4.69) is 20.2 Å². The Morgan fingerprint density at radius 2 is 2.35 bits per heavy atom. The topological polar surface area (TPSA) is 67.4 Å². The standard InChI is InChI=1S/C16H20N4O2S/c1-2-22-16-15(17-6-7-18-16)20-8-5-12(11-20)19-14(21)10-13-4-3-9-23-13/h3-4,6-7,9,12H,2,5,8,10-11H2,1H3,(H,19,21). The zero-order valence-corrected chi connectivity index (χ0v) is 13.9. The predicted molar refractivity (Wildman–Crippen MR) is 90.0 cm³/mol. The Hall–Kier alpha value is -2.15. The fourth-order valence-corrected chi connectivity index (χ4v) is 3.40. The molecule has 1 aliphatic heterocycles. The molecule has 0 aliphatic carbocycles. The van der Waals surface area contributed by atoms with Crippen LogP contribution in [0, 0.1) is 0 Å². The molecule has 2 aromatic heterocycles. The lowest BCUT2D eigenvalue weighted by molar-refractivity contribution is -0.120. The predicted octanol–water partition coefficient (Wildman–Crippen LogP) is 1.87. The molecule has 0 aromatic carbocycles. The van der Waals surface area contributed by atoms with Crippen LogP contribution in [0.4, 0.5) is 5.82 Å². The second-order valence-electron chi connectivity index (χ2n) is 5.37. The first-order chi connectivity index (χ1) is 11.3. The van der Waals surface area contributed by atoms with E-state index in [9.17, 15) is 4.79 Å². The van der Waals surface area contributed by atoms with Crippen molar-refractivity contribution in [3.05, 3.63) is 34.8 Å². The first-order valence-electron chi connectivity index (χ1n) is 7.76. The number of rotatable bonds is 6. The summed E-state index contributed by atoms with van der Waals surface area (Å²) in [6.45, 7) is 4.05. The molecule has 6 nitrogen and oxygen atoms in total. The molecule has 2 aromatic rings. The van der Waals surface area contributed by atoms with Crippen LogP contribution in [0.25, 0.3) is 0 Å². The van der Waals surface area contributed by atoms with E-state index in [0.717, 1.165) is 30.2 Å². The smallest absolute Gasteiger partial charge is 0.257 e. The molecule has 1 atom stereocenters. The van der Waals surface area contributed by atoms with Gasteiger partial charge in [-0.1, -0.05) is 6.07 Å². The minimum absolute atomic E-state index is 0.0727. The van der Waals surface area contributed by atoms with Gasteiger partial charge in [0.25, 0.3) is 5.88 Å². The lowest BCUT2D eigenvalue weighted by Gasteiger charge is -2.19. The van der Waals surface area contributed by atoms with Crippen molar-refractivity contribution in [1.82, 2.24) is 15.3 Å². The summed E-state index contributed by atoms with van der Waals surface area (Å²) < 4.78 is 5.53. The summed E-state index contributed by atoms with van der Waals surface area (Å²) in [6, 6.07) is 4.09. The maximum absolute atomic E-state index is 12.1. The van der Waals surface area contributed by atoms with Gasteiger partial charge in [-0.2, -0.15) is 0 Å². The Morgan fingerprint density at radius 3 is 3.13 bits per heavy atom. The second-order valence-corrected chi connectivity index (χ2v) is 6.41. The van der Waals surface area contributed by atoms with E-state index in [1.54, 1.807) is 23.7 Å². The fraction of sp³-hybridized carbons (Fsp3) is 0.438. The molecule has 0 bridgehead atoms. The number of thiophene rings is 1. The van der Waals surface area contributed by atoms with E-state index in [1.165, 1.54) is 0 Å². The molecule has 0 radical (unpaired) electrons. The number of ether oxygens (including phenoxy) is 1. The van der Waals surface area contributed by atoms with Crippen molar-refractivity contribution in [3.63, 3.8) is 0 Å². The lowest BCUT2D eigenvalue weighted by Crippen LogP contribution is -2.38. The van der Waals surface area contributed by atoms with Gasteiger partial charge in [-0.15, -0.1) is 11.3 Å². The number of anilines is 1. The first kappa shape index (κ1) is 15.7. The second kappa shape index (κ2) is 7.41. The molecular weight excluding hydrogens is 312 g/mol. The summed E-state index contributed by atoms with van der Waals surface area (Å²) in [6.07, 6.45) is 4.65. The third-order valence-electron chi connectivity index (χ3n) is 3.70. The van der Waals surface area contributed by atoms with Gasteiger partial charge in [-0.3, -0.25) is 4.79 Å². The van der Waals surface area contributed by atoms with Gasteiger partial charge in [0.2, 0.25) is 5.91 Å². The molecule has 1 amide bonds. The van der Waals surface area contributed by atoms with E-state index in [0.29, 0.717) is 18.9 Å². The minimum Gasteiger partial charge on any atom is -0.475 e. The summed E-state index contributed by atoms with van der Waals surface area (Å²) in [7, 11) is 0. The molecule has 1 saturated heterocycles. The summed E-state index contributed by atoms with van der Waals surface area (Å²) in [4.78, 5) is 23.9. The maximum atomic E-state index is 12.1. The van der Waals surface area contributed by atoms with Crippen LogP contribution in [0.3, 0.4) is 0 Å². The highest BCUT2D eigenvalue weighted by Gasteiger charge is 2.27. The van der Waals surface area contributed by atoms with Crippen molar-refractivity contribution in [2.45, 2.75) is 25.8 Å². The van der Waals surface area contributed by atoms with Crippen molar-refractivity contribution in [3.8, 4) is 5.88 Å². The van der Waals surface area contributed by atoms with Crippen molar-refractivity contribution in [2.24, 2.45) is 0 Å². The highest BCUT2D eigenvalue weighted by Crippen LogP contribution is 2.26. The zero-order valence-electron chi connectivity index (χ0n) is 13.1. The van der Waals surface area contributed by atoms with E-state index in [1.807, 2.05) is 24.4 Å². The molecule has 1 unspecified atom stereocenters. The van der Waals surface area contributed by atoms with E-state index in [4.69, 9.17) is 4.74 Å². The average molecular weight is 332 g/mol. The molecule has 1 aliphatic rings. The number of nitrogens with zero attached hydrogens (tertiary/aromatic N) is 3. The van der Waals surface area contributed by atoms with Crippen LogP contribution in [0.15, 0.2) is 29.9 Å². The normalized spacial score (nSPS) is 17.3. The Bertz CT molecular complexity index is 647. The molecule has 7 heteroatoms. The SMILES string of the molecule is CCOc1nccnc1N1CCC(NC(=O)Cc2cccs2)C1.